The third kappa shape index (κ3) is 5.51. The summed E-state index contributed by atoms with van der Waals surface area (Å²) in [6.45, 7) is 1.16. The first-order chi connectivity index (χ1) is 12.9. The summed E-state index contributed by atoms with van der Waals surface area (Å²) in [7, 11) is -3.95. The molecule has 3 aromatic carbocycles. The molecule has 0 bridgehead atoms. The molecule has 0 aliphatic rings. The van der Waals surface area contributed by atoms with Crippen LogP contribution in [0.2, 0.25) is 0 Å². The molecule has 3 rings (SSSR count). The highest BCUT2D eigenvalue weighted by Crippen LogP contribution is 2.50. The van der Waals surface area contributed by atoms with Gasteiger partial charge in [-0.15, -0.1) is 0 Å². The Morgan fingerprint density at radius 1 is 1.00 bits per heavy atom. The first-order valence-electron chi connectivity index (χ1n) is 8.59. The molecular formula is C21H21O5P. The second-order valence-electron chi connectivity index (χ2n) is 6.28. The number of hydrogen-bond donors (Lipinski definition) is 1. The van der Waals surface area contributed by atoms with Gasteiger partial charge in [-0.05, 0) is 28.0 Å². The maximum atomic E-state index is 12.7. The molecule has 0 aliphatic carbocycles. The Morgan fingerprint density at radius 2 is 1.67 bits per heavy atom. The van der Waals surface area contributed by atoms with Crippen molar-refractivity contribution in [2.24, 2.45) is 0 Å². The molecule has 27 heavy (non-hydrogen) atoms. The second-order valence-corrected chi connectivity index (χ2v) is 8.09. The number of carbonyl (C=O) groups excluding carboxylic acids is 1. The first-order valence-corrected chi connectivity index (χ1v) is 10.4. The molecule has 0 radical (unpaired) electrons. The lowest BCUT2D eigenvalue weighted by atomic mass is 10.0. The maximum Gasteiger partial charge on any atom is 0.333 e. The molecule has 1 N–H and O–H groups in total. The van der Waals surface area contributed by atoms with Gasteiger partial charge in [-0.2, -0.15) is 0 Å². The van der Waals surface area contributed by atoms with E-state index >= 15 is 0 Å². The van der Waals surface area contributed by atoms with Gasteiger partial charge in [0.15, 0.2) is 0 Å². The highest BCUT2D eigenvalue weighted by molar-refractivity contribution is 7.51. The van der Waals surface area contributed by atoms with Gasteiger partial charge in [0, 0.05) is 6.92 Å². The van der Waals surface area contributed by atoms with Crippen LogP contribution in [0.4, 0.5) is 0 Å². The number of hydrogen-bond acceptors (Lipinski definition) is 4. The SMILES string of the molecule is CC(=O)OCC(OP(=O)(O)Cc1ccccc1)c1ccc2ccccc2c1. The third-order valence-corrected chi connectivity index (χ3v) is 5.45. The van der Waals surface area contributed by atoms with E-state index in [1.54, 1.807) is 24.3 Å². The van der Waals surface area contributed by atoms with Crippen molar-refractivity contribution in [2.75, 3.05) is 6.61 Å². The summed E-state index contributed by atoms with van der Waals surface area (Å²) in [4.78, 5) is 21.6. The van der Waals surface area contributed by atoms with Crippen molar-refractivity contribution >= 4 is 24.3 Å². The second kappa shape index (κ2) is 8.49. The van der Waals surface area contributed by atoms with Crippen LogP contribution in [0, 0.1) is 0 Å². The van der Waals surface area contributed by atoms with Gasteiger partial charge in [0.1, 0.15) is 12.7 Å². The number of rotatable bonds is 7. The average molecular weight is 384 g/mol. The minimum absolute atomic E-state index is 0.113. The van der Waals surface area contributed by atoms with Gasteiger partial charge < -0.3 is 9.63 Å². The summed E-state index contributed by atoms with van der Waals surface area (Å²) in [6.07, 6.45) is -0.948. The van der Waals surface area contributed by atoms with E-state index in [4.69, 9.17) is 9.26 Å². The third-order valence-electron chi connectivity index (χ3n) is 4.10. The number of benzene rings is 3. The van der Waals surface area contributed by atoms with Gasteiger partial charge in [0.2, 0.25) is 0 Å². The average Bonchev–Trinajstić information content (AvgIpc) is 2.65. The lowest BCUT2D eigenvalue weighted by Gasteiger charge is -2.22. The molecule has 0 heterocycles. The van der Waals surface area contributed by atoms with Crippen LogP contribution < -0.4 is 0 Å². The van der Waals surface area contributed by atoms with Crippen LogP contribution in [0.3, 0.4) is 0 Å². The maximum absolute atomic E-state index is 12.7. The fourth-order valence-electron chi connectivity index (χ4n) is 2.84. The molecule has 5 nitrogen and oxygen atoms in total. The van der Waals surface area contributed by atoms with E-state index in [-0.39, 0.29) is 12.8 Å². The van der Waals surface area contributed by atoms with E-state index in [1.165, 1.54) is 6.92 Å². The van der Waals surface area contributed by atoms with Crippen LogP contribution in [0.1, 0.15) is 24.2 Å². The highest BCUT2D eigenvalue weighted by Gasteiger charge is 2.27. The molecule has 0 aliphatic heterocycles. The van der Waals surface area contributed by atoms with Gasteiger partial charge in [-0.25, -0.2) is 0 Å². The lowest BCUT2D eigenvalue weighted by molar-refractivity contribution is -0.143. The fraction of sp³-hybridized carbons (Fsp3) is 0.190. The van der Waals surface area contributed by atoms with Crippen molar-refractivity contribution in [3.63, 3.8) is 0 Å². The first kappa shape index (κ1) is 19.3. The van der Waals surface area contributed by atoms with Gasteiger partial charge >= 0.3 is 13.6 Å². The van der Waals surface area contributed by atoms with Crippen LogP contribution in [0.25, 0.3) is 10.8 Å². The Morgan fingerprint density at radius 3 is 2.37 bits per heavy atom. The van der Waals surface area contributed by atoms with E-state index in [9.17, 15) is 14.3 Å². The van der Waals surface area contributed by atoms with E-state index in [0.717, 1.165) is 10.8 Å². The van der Waals surface area contributed by atoms with Crippen molar-refractivity contribution in [1.82, 2.24) is 0 Å². The molecule has 2 unspecified atom stereocenters. The Labute approximate surface area is 158 Å². The summed E-state index contributed by atoms with van der Waals surface area (Å²) in [5, 5.41) is 2.02. The molecule has 0 aromatic heterocycles. The predicted octanol–water partition coefficient (Wildman–Crippen LogP) is 4.85. The van der Waals surface area contributed by atoms with Crippen molar-refractivity contribution in [2.45, 2.75) is 19.2 Å². The number of esters is 1. The van der Waals surface area contributed by atoms with Crippen LogP contribution >= 0.6 is 7.60 Å². The van der Waals surface area contributed by atoms with Crippen molar-refractivity contribution in [3.8, 4) is 0 Å². The predicted molar refractivity (Wildman–Crippen MR) is 104 cm³/mol. The van der Waals surface area contributed by atoms with Crippen LogP contribution in [0.15, 0.2) is 72.8 Å². The molecule has 140 valence electrons. The van der Waals surface area contributed by atoms with Crippen LogP contribution in [-0.2, 0) is 24.8 Å². The van der Waals surface area contributed by atoms with Crippen molar-refractivity contribution < 1.29 is 23.5 Å². The summed E-state index contributed by atoms with van der Waals surface area (Å²) in [5.74, 6) is -0.472. The van der Waals surface area contributed by atoms with Gasteiger partial charge in [-0.3, -0.25) is 13.9 Å². The van der Waals surface area contributed by atoms with Crippen LogP contribution in [0.5, 0.6) is 0 Å². The molecule has 2 atom stereocenters. The van der Waals surface area contributed by atoms with Crippen molar-refractivity contribution in [3.05, 3.63) is 83.9 Å². The minimum atomic E-state index is -3.95. The van der Waals surface area contributed by atoms with Gasteiger partial charge in [0.25, 0.3) is 0 Å². The van der Waals surface area contributed by atoms with E-state index in [2.05, 4.69) is 0 Å². The molecule has 6 heteroatoms. The Kier molecular flexibility index (Phi) is 6.07. The Bertz CT molecular complexity index is 970. The lowest BCUT2D eigenvalue weighted by Crippen LogP contribution is -2.14. The smallest absolute Gasteiger partial charge is 0.333 e. The fourth-order valence-corrected chi connectivity index (χ4v) is 4.17. The number of ether oxygens (including phenoxy) is 1. The van der Waals surface area contributed by atoms with E-state index in [1.807, 2.05) is 48.5 Å². The van der Waals surface area contributed by atoms with Crippen LogP contribution in [-0.4, -0.2) is 17.5 Å². The number of carbonyl (C=O) groups is 1. The monoisotopic (exact) mass is 384 g/mol. The zero-order valence-corrected chi connectivity index (χ0v) is 15.8. The summed E-state index contributed by atoms with van der Waals surface area (Å²) in [6, 6.07) is 22.4. The van der Waals surface area contributed by atoms with Gasteiger partial charge in [0.05, 0.1) is 6.16 Å². The molecule has 3 aromatic rings. The topological polar surface area (TPSA) is 72.8 Å². The van der Waals surface area contributed by atoms with Crippen molar-refractivity contribution in [1.29, 1.82) is 0 Å². The van der Waals surface area contributed by atoms with E-state index < -0.39 is 19.7 Å². The molecule has 0 saturated carbocycles. The molecule has 0 saturated heterocycles. The standard InChI is InChI=1S/C21H21O5P/c1-16(22)25-14-21(20-12-11-18-9-5-6-10-19(18)13-20)26-27(23,24)15-17-7-3-2-4-8-17/h2-13,21H,14-15H2,1H3,(H,23,24). The minimum Gasteiger partial charge on any atom is -0.463 e. The summed E-state index contributed by atoms with van der Waals surface area (Å²) in [5.41, 5.74) is 1.38. The summed E-state index contributed by atoms with van der Waals surface area (Å²) < 4.78 is 23.3. The molecule has 0 fully saturated rings. The molecule has 0 spiro atoms. The largest absolute Gasteiger partial charge is 0.463 e. The Balaban J connectivity index is 1.85. The zero-order valence-electron chi connectivity index (χ0n) is 14.9. The normalized spacial score (nSPS) is 14.4. The highest BCUT2D eigenvalue weighted by atomic mass is 31.2. The number of fused-ring (bicyclic) bond motifs is 1. The Hall–Kier alpha value is -2.46. The zero-order chi connectivity index (χ0) is 19.3. The van der Waals surface area contributed by atoms with Gasteiger partial charge in [-0.1, -0.05) is 66.7 Å². The molecule has 0 amide bonds. The summed E-state index contributed by atoms with van der Waals surface area (Å²) >= 11 is 0. The van der Waals surface area contributed by atoms with E-state index in [0.29, 0.717) is 11.1 Å². The molecular weight excluding hydrogens is 363 g/mol. The quantitative estimate of drug-likeness (QED) is 0.466.